The molecule has 0 aliphatic heterocycles. The van der Waals surface area contributed by atoms with Gasteiger partial charge in [0.1, 0.15) is 18.1 Å². The third-order valence-corrected chi connectivity index (χ3v) is 4.69. The van der Waals surface area contributed by atoms with E-state index in [0.717, 1.165) is 17.7 Å². The lowest BCUT2D eigenvalue weighted by Gasteiger charge is -2.19. The molecule has 0 spiro atoms. The van der Waals surface area contributed by atoms with Crippen LogP contribution in [0.2, 0.25) is 0 Å². The molecule has 0 aliphatic rings. The highest BCUT2D eigenvalue weighted by Gasteiger charge is 2.15. The second-order valence-corrected chi connectivity index (χ2v) is 6.85. The summed E-state index contributed by atoms with van der Waals surface area (Å²) in [4.78, 5) is 0. The van der Waals surface area contributed by atoms with Crippen LogP contribution in [0.1, 0.15) is 31.7 Å². The zero-order valence-electron chi connectivity index (χ0n) is 16.9. The van der Waals surface area contributed by atoms with Gasteiger partial charge < -0.3 is 20.1 Å². The van der Waals surface area contributed by atoms with E-state index in [1.165, 1.54) is 5.57 Å². The molecule has 1 atom stereocenters. The number of para-hydroxylation sites is 1. The summed E-state index contributed by atoms with van der Waals surface area (Å²) in [5.74, 6) is 0.974. The van der Waals surface area contributed by atoms with Gasteiger partial charge in [0.25, 0.3) is 0 Å². The molecule has 29 heavy (non-hydrogen) atoms. The second-order valence-electron chi connectivity index (χ2n) is 6.85. The first-order valence-corrected chi connectivity index (χ1v) is 9.87. The standard InChI is InChI=1S/C25H30O4/c1-3-20(17-21-9-12-22(27)13-10-21)11-14-25(28)24(15-16-26)19(2)18-29-23-7-5-4-6-8-23/h4-10,12-13,15,17,25-28H,2-3,11,14,16,18H2,1H3/b20-17+,24-15-. The van der Waals surface area contributed by atoms with Crippen molar-refractivity contribution in [2.45, 2.75) is 32.3 Å². The number of ether oxygens (including phenoxy) is 1. The molecule has 0 aliphatic carbocycles. The van der Waals surface area contributed by atoms with E-state index in [-0.39, 0.29) is 19.0 Å². The number of rotatable bonds is 11. The van der Waals surface area contributed by atoms with Crippen molar-refractivity contribution in [3.05, 3.63) is 89.5 Å². The summed E-state index contributed by atoms with van der Waals surface area (Å²) < 4.78 is 5.72. The van der Waals surface area contributed by atoms with Gasteiger partial charge in [0.15, 0.2) is 0 Å². The maximum absolute atomic E-state index is 10.7. The molecular weight excluding hydrogens is 364 g/mol. The van der Waals surface area contributed by atoms with Gasteiger partial charge in [-0.25, -0.2) is 0 Å². The smallest absolute Gasteiger partial charge is 0.119 e. The van der Waals surface area contributed by atoms with E-state index in [1.54, 1.807) is 18.2 Å². The Morgan fingerprint density at radius 2 is 1.79 bits per heavy atom. The van der Waals surface area contributed by atoms with E-state index in [2.05, 4.69) is 19.6 Å². The summed E-state index contributed by atoms with van der Waals surface area (Å²) in [5, 5.41) is 29.5. The average Bonchev–Trinajstić information content (AvgIpc) is 2.75. The summed E-state index contributed by atoms with van der Waals surface area (Å²) in [5.41, 5.74) is 3.48. The van der Waals surface area contributed by atoms with Crippen LogP contribution in [-0.4, -0.2) is 34.6 Å². The number of allylic oxidation sites excluding steroid dienone is 1. The van der Waals surface area contributed by atoms with E-state index in [4.69, 9.17) is 4.74 Å². The largest absolute Gasteiger partial charge is 0.508 e. The Labute approximate surface area is 173 Å². The van der Waals surface area contributed by atoms with Crippen molar-refractivity contribution < 1.29 is 20.1 Å². The van der Waals surface area contributed by atoms with E-state index in [0.29, 0.717) is 24.0 Å². The molecule has 3 N–H and O–H groups in total. The lowest BCUT2D eigenvalue weighted by atomic mass is 9.95. The Balaban J connectivity index is 1.96. The molecule has 4 nitrogen and oxygen atoms in total. The highest BCUT2D eigenvalue weighted by molar-refractivity contribution is 5.53. The molecule has 0 bridgehead atoms. The zero-order valence-corrected chi connectivity index (χ0v) is 16.9. The Kier molecular flexibility index (Phi) is 9.22. The van der Waals surface area contributed by atoms with Crippen molar-refractivity contribution in [3.63, 3.8) is 0 Å². The van der Waals surface area contributed by atoms with Crippen LogP contribution in [0.4, 0.5) is 0 Å². The van der Waals surface area contributed by atoms with Gasteiger partial charge in [0.05, 0.1) is 12.7 Å². The summed E-state index contributed by atoms with van der Waals surface area (Å²) in [7, 11) is 0. The fourth-order valence-corrected chi connectivity index (χ4v) is 3.02. The van der Waals surface area contributed by atoms with Gasteiger partial charge in [-0.2, -0.15) is 0 Å². The number of benzene rings is 2. The van der Waals surface area contributed by atoms with E-state index >= 15 is 0 Å². The van der Waals surface area contributed by atoms with Crippen molar-refractivity contribution in [2.24, 2.45) is 0 Å². The first-order chi connectivity index (χ1) is 14.0. The average molecular weight is 395 g/mol. The molecule has 0 saturated carbocycles. The molecule has 0 saturated heterocycles. The molecule has 2 aromatic carbocycles. The van der Waals surface area contributed by atoms with Crippen LogP contribution < -0.4 is 4.74 Å². The number of phenolic OH excluding ortho intramolecular Hbond substituents is 1. The van der Waals surface area contributed by atoms with Crippen molar-refractivity contribution in [1.82, 2.24) is 0 Å². The van der Waals surface area contributed by atoms with Crippen LogP contribution in [0, 0.1) is 0 Å². The molecule has 2 rings (SSSR count). The maximum Gasteiger partial charge on any atom is 0.119 e. The molecule has 1 unspecified atom stereocenters. The Bertz CT molecular complexity index is 820. The van der Waals surface area contributed by atoms with Gasteiger partial charge in [0, 0.05) is 0 Å². The lowest BCUT2D eigenvalue weighted by molar-refractivity contribution is 0.198. The number of phenols is 1. The molecule has 0 heterocycles. The van der Waals surface area contributed by atoms with E-state index in [1.807, 2.05) is 42.5 Å². The third kappa shape index (κ3) is 7.60. The Morgan fingerprint density at radius 1 is 1.10 bits per heavy atom. The van der Waals surface area contributed by atoms with Crippen LogP contribution in [-0.2, 0) is 0 Å². The first kappa shape index (κ1) is 22.5. The Hall–Kier alpha value is -2.82. The van der Waals surface area contributed by atoms with Crippen LogP contribution in [0.3, 0.4) is 0 Å². The lowest BCUT2D eigenvalue weighted by Crippen LogP contribution is -2.16. The molecule has 4 heteroatoms. The highest BCUT2D eigenvalue weighted by atomic mass is 16.5. The fraction of sp³-hybridized carbons (Fsp3) is 0.280. The summed E-state index contributed by atoms with van der Waals surface area (Å²) >= 11 is 0. The van der Waals surface area contributed by atoms with Crippen LogP contribution >= 0.6 is 0 Å². The Morgan fingerprint density at radius 3 is 2.41 bits per heavy atom. The van der Waals surface area contributed by atoms with Crippen LogP contribution in [0.15, 0.2) is 84.0 Å². The van der Waals surface area contributed by atoms with E-state index in [9.17, 15) is 15.3 Å². The summed E-state index contributed by atoms with van der Waals surface area (Å²) in [6.07, 6.45) is 5.04. The molecule has 0 radical (unpaired) electrons. The normalized spacial score (nSPS) is 13.2. The van der Waals surface area contributed by atoms with Crippen molar-refractivity contribution in [3.8, 4) is 11.5 Å². The highest BCUT2D eigenvalue weighted by Crippen LogP contribution is 2.23. The van der Waals surface area contributed by atoms with E-state index < -0.39 is 6.10 Å². The van der Waals surface area contributed by atoms with Gasteiger partial charge in [-0.1, -0.05) is 61.6 Å². The van der Waals surface area contributed by atoms with Crippen LogP contribution in [0.25, 0.3) is 6.08 Å². The topological polar surface area (TPSA) is 69.9 Å². The molecule has 0 aromatic heterocycles. The fourth-order valence-electron chi connectivity index (χ4n) is 3.02. The van der Waals surface area contributed by atoms with Crippen molar-refractivity contribution in [2.75, 3.05) is 13.2 Å². The summed E-state index contributed by atoms with van der Waals surface area (Å²) in [6, 6.07) is 16.5. The maximum atomic E-state index is 10.7. The molecule has 2 aromatic rings. The minimum atomic E-state index is -0.733. The molecule has 0 fully saturated rings. The second kappa shape index (κ2) is 11.9. The first-order valence-electron chi connectivity index (χ1n) is 9.87. The number of hydrogen-bond donors (Lipinski definition) is 3. The predicted octanol–water partition coefficient (Wildman–Crippen LogP) is 4.88. The predicted molar refractivity (Wildman–Crippen MR) is 118 cm³/mol. The zero-order chi connectivity index (χ0) is 21.1. The van der Waals surface area contributed by atoms with Gasteiger partial charge in [-0.3, -0.25) is 0 Å². The number of hydrogen-bond acceptors (Lipinski definition) is 4. The summed E-state index contributed by atoms with van der Waals surface area (Å²) in [6.45, 7) is 6.19. The van der Waals surface area contributed by atoms with Gasteiger partial charge in [-0.15, -0.1) is 0 Å². The quantitative estimate of drug-likeness (QED) is 0.475. The van der Waals surface area contributed by atoms with Gasteiger partial charge in [0.2, 0.25) is 0 Å². The molecular formula is C25H30O4. The number of aliphatic hydroxyl groups excluding tert-OH is 2. The SMILES string of the molecule is C=C(COc1ccccc1)/C(=C/CO)C(O)CC/C(=C/c1ccc(O)cc1)CC. The van der Waals surface area contributed by atoms with Crippen molar-refractivity contribution in [1.29, 1.82) is 0 Å². The van der Waals surface area contributed by atoms with Gasteiger partial charge in [-0.05, 0) is 60.2 Å². The minimum Gasteiger partial charge on any atom is -0.508 e. The van der Waals surface area contributed by atoms with Gasteiger partial charge >= 0.3 is 0 Å². The van der Waals surface area contributed by atoms with Crippen molar-refractivity contribution >= 4 is 6.08 Å². The monoisotopic (exact) mass is 394 g/mol. The number of aliphatic hydroxyl groups is 2. The molecule has 154 valence electrons. The van der Waals surface area contributed by atoms with Crippen LogP contribution in [0.5, 0.6) is 11.5 Å². The third-order valence-electron chi connectivity index (χ3n) is 4.69. The molecule has 0 amide bonds. The number of aromatic hydroxyl groups is 1. The minimum absolute atomic E-state index is 0.166.